The molecule has 8 rings (SSSR count). The van der Waals surface area contributed by atoms with Crippen LogP contribution in [0.25, 0.3) is 27.7 Å². The fraction of sp³-hybridized carbons (Fsp3) is 0.310. The molecule has 4 fully saturated rings. The third-order valence-electron chi connectivity index (χ3n) is 7.98. The molecule has 1 N–H and O–H groups in total. The highest BCUT2D eigenvalue weighted by Crippen LogP contribution is 2.47. The quantitative estimate of drug-likeness (QED) is 0.374. The van der Waals surface area contributed by atoms with E-state index in [1.165, 1.54) is 23.0 Å². The van der Waals surface area contributed by atoms with Crippen molar-refractivity contribution in [3.63, 3.8) is 0 Å². The van der Waals surface area contributed by atoms with E-state index < -0.39 is 29.1 Å². The van der Waals surface area contributed by atoms with Crippen LogP contribution in [0.15, 0.2) is 72.0 Å². The normalized spacial score (nSPS) is 21.2. The molecule has 2 bridgehead atoms. The molecule has 4 aliphatic rings. The highest BCUT2D eigenvalue weighted by Gasteiger charge is 2.58. The van der Waals surface area contributed by atoms with E-state index in [1.54, 1.807) is 30.6 Å². The average molecular weight is 564 g/mol. The summed E-state index contributed by atoms with van der Waals surface area (Å²) in [6.07, 6.45) is 2.03. The summed E-state index contributed by atoms with van der Waals surface area (Å²) in [7, 11) is 0. The van der Waals surface area contributed by atoms with Gasteiger partial charge in [0.15, 0.2) is 5.75 Å². The van der Waals surface area contributed by atoms with Crippen LogP contribution in [-0.2, 0) is 9.53 Å². The third-order valence-corrected chi connectivity index (χ3v) is 7.98. The zero-order valence-corrected chi connectivity index (χ0v) is 21.6. The molecular weight excluding hydrogens is 539 g/mol. The van der Waals surface area contributed by atoms with Gasteiger partial charge in [-0.15, -0.1) is 13.2 Å². The van der Waals surface area contributed by atoms with E-state index in [0.29, 0.717) is 36.8 Å². The molecule has 4 aromatic rings. The van der Waals surface area contributed by atoms with Gasteiger partial charge in [0.2, 0.25) is 5.91 Å². The Morgan fingerprint density at radius 2 is 1.85 bits per heavy atom. The van der Waals surface area contributed by atoms with Crippen LogP contribution in [0.5, 0.6) is 5.75 Å². The number of nitrogens with one attached hydrogen (secondary N) is 1. The SMILES string of the molecule is O=C(Nc1cc(-n2cnc3cc(-c4cccnc4)ccc3c2=O)ccc1OC(F)(F)F)C1(N2CC3CC(C2)O3)CC1. The molecule has 3 aliphatic heterocycles. The molecule has 1 saturated carbocycles. The molecule has 1 aliphatic carbocycles. The molecule has 1 amide bonds. The summed E-state index contributed by atoms with van der Waals surface area (Å²) in [5.41, 5.74) is 0.984. The Hall–Kier alpha value is -4.29. The molecule has 2 unspecified atom stereocenters. The lowest BCUT2D eigenvalue weighted by Crippen LogP contribution is -2.62. The van der Waals surface area contributed by atoms with Gasteiger partial charge in [-0.2, -0.15) is 0 Å². The van der Waals surface area contributed by atoms with Crippen molar-refractivity contribution in [2.75, 3.05) is 18.4 Å². The second kappa shape index (κ2) is 9.38. The summed E-state index contributed by atoms with van der Waals surface area (Å²) in [5.74, 6) is -0.979. The zero-order valence-electron chi connectivity index (χ0n) is 21.6. The lowest BCUT2D eigenvalue weighted by molar-refractivity contribution is -0.274. The summed E-state index contributed by atoms with van der Waals surface area (Å²) < 4.78 is 50.8. The van der Waals surface area contributed by atoms with Gasteiger partial charge in [-0.1, -0.05) is 12.1 Å². The predicted molar refractivity (Wildman–Crippen MR) is 143 cm³/mol. The van der Waals surface area contributed by atoms with Crippen LogP contribution in [0, 0.1) is 0 Å². The smallest absolute Gasteiger partial charge is 0.404 e. The van der Waals surface area contributed by atoms with Crippen LogP contribution in [0.1, 0.15) is 19.3 Å². The summed E-state index contributed by atoms with van der Waals surface area (Å²) in [4.78, 5) is 37.5. The van der Waals surface area contributed by atoms with Gasteiger partial charge in [-0.3, -0.25) is 24.0 Å². The maximum atomic E-state index is 13.5. The van der Waals surface area contributed by atoms with Crippen molar-refractivity contribution in [3.8, 4) is 22.6 Å². The number of fused-ring (bicyclic) bond motifs is 3. The first-order valence-electron chi connectivity index (χ1n) is 13.2. The van der Waals surface area contributed by atoms with Crippen molar-refractivity contribution < 1.29 is 27.4 Å². The molecule has 5 heterocycles. The van der Waals surface area contributed by atoms with Crippen molar-refractivity contribution in [2.24, 2.45) is 0 Å². The number of morpholine rings is 1. The standard InChI is InChI=1S/C29H24F3N5O4/c30-29(31,32)41-25-6-4-19(11-24(25)35-27(39)28(7-8-28)36-14-20-12-21(15-36)40-20)37-16-34-23-10-17(3-5-22(23)26(37)38)18-2-1-9-33-13-18/h1-6,9-11,13,16,20-21H,7-8,12,14-15H2,(H,35,39). The van der Waals surface area contributed by atoms with Crippen LogP contribution < -0.4 is 15.6 Å². The maximum absolute atomic E-state index is 13.5. The van der Waals surface area contributed by atoms with Gasteiger partial charge in [0.1, 0.15) is 11.9 Å². The fourth-order valence-corrected chi connectivity index (χ4v) is 5.75. The van der Waals surface area contributed by atoms with Crippen molar-refractivity contribution in [1.29, 1.82) is 0 Å². The van der Waals surface area contributed by atoms with Crippen molar-refractivity contribution >= 4 is 22.5 Å². The van der Waals surface area contributed by atoms with Crippen molar-refractivity contribution in [3.05, 3.63) is 77.6 Å². The number of benzene rings is 2. The largest absolute Gasteiger partial charge is 0.573 e. The van der Waals surface area contributed by atoms with Crippen LogP contribution in [-0.4, -0.2) is 62.5 Å². The minimum absolute atomic E-state index is 0.0826. The maximum Gasteiger partial charge on any atom is 0.573 e. The molecule has 2 aromatic heterocycles. The molecule has 0 radical (unpaired) electrons. The fourth-order valence-electron chi connectivity index (χ4n) is 5.75. The molecule has 9 nitrogen and oxygen atoms in total. The lowest BCUT2D eigenvalue weighted by Gasteiger charge is -2.49. The molecule has 0 spiro atoms. The molecule has 2 aromatic carbocycles. The second-order valence-electron chi connectivity index (χ2n) is 10.6. The Bertz CT molecular complexity index is 1710. The van der Waals surface area contributed by atoms with Gasteiger partial charge in [0, 0.05) is 37.5 Å². The van der Waals surface area contributed by atoms with Gasteiger partial charge < -0.3 is 14.8 Å². The van der Waals surface area contributed by atoms with Crippen molar-refractivity contribution in [1.82, 2.24) is 19.4 Å². The highest BCUT2D eigenvalue weighted by molar-refractivity contribution is 6.01. The van der Waals surface area contributed by atoms with E-state index >= 15 is 0 Å². The van der Waals surface area contributed by atoms with Crippen LogP contribution >= 0.6 is 0 Å². The number of aromatic nitrogens is 3. The topological polar surface area (TPSA) is 98.6 Å². The number of rotatable bonds is 6. The summed E-state index contributed by atoms with van der Waals surface area (Å²) in [6.45, 7) is 1.22. The second-order valence-corrected chi connectivity index (χ2v) is 10.6. The Morgan fingerprint density at radius 1 is 1.07 bits per heavy atom. The molecule has 3 saturated heterocycles. The summed E-state index contributed by atoms with van der Waals surface area (Å²) in [6, 6.07) is 12.6. The number of nitrogens with zero attached hydrogens (tertiary/aromatic N) is 4. The number of anilines is 1. The number of piperidine rings is 1. The van der Waals surface area contributed by atoms with E-state index in [2.05, 4.69) is 24.9 Å². The number of hydrogen-bond donors (Lipinski definition) is 1. The Kier molecular flexibility index (Phi) is 5.87. The van der Waals surface area contributed by atoms with E-state index in [9.17, 15) is 22.8 Å². The summed E-state index contributed by atoms with van der Waals surface area (Å²) in [5, 5.41) is 2.99. The minimum Gasteiger partial charge on any atom is -0.404 e. The number of amides is 1. The Balaban J connectivity index is 1.22. The first-order chi connectivity index (χ1) is 19.7. The van der Waals surface area contributed by atoms with Crippen molar-refractivity contribution in [2.45, 2.75) is 43.4 Å². The molecular formula is C29H24F3N5O4. The van der Waals surface area contributed by atoms with Crippen LogP contribution in [0.2, 0.25) is 0 Å². The first-order valence-corrected chi connectivity index (χ1v) is 13.2. The number of pyridine rings is 1. The van der Waals surface area contributed by atoms with Gasteiger partial charge in [0.25, 0.3) is 5.56 Å². The number of halogens is 3. The molecule has 12 heteroatoms. The third kappa shape index (κ3) is 4.72. The minimum atomic E-state index is -4.98. The van der Waals surface area contributed by atoms with E-state index in [-0.39, 0.29) is 23.6 Å². The average Bonchev–Trinajstić information content (AvgIpc) is 3.76. The zero-order chi connectivity index (χ0) is 28.4. The number of carbonyl (C=O) groups excluding carboxylic acids is 1. The number of ether oxygens (including phenoxy) is 2. The van der Waals surface area contributed by atoms with E-state index in [1.807, 2.05) is 12.1 Å². The number of carbonyl (C=O) groups is 1. The van der Waals surface area contributed by atoms with Crippen LogP contribution in [0.3, 0.4) is 0 Å². The monoisotopic (exact) mass is 563 g/mol. The first kappa shape index (κ1) is 25.7. The summed E-state index contributed by atoms with van der Waals surface area (Å²) >= 11 is 0. The van der Waals surface area contributed by atoms with Gasteiger partial charge in [-0.05, 0) is 54.8 Å². The van der Waals surface area contributed by atoms with Gasteiger partial charge in [-0.25, -0.2) is 4.98 Å². The van der Waals surface area contributed by atoms with Gasteiger partial charge >= 0.3 is 6.36 Å². The molecule has 2 atom stereocenters. The lowest BCUT2D eigenvalue weighted by atomic mass is 9.96. The van der Waals surface area contributed by atoms with Gasteiger partial charge in [0.05, 0.1) is 34.5 Å². The Labute approximate surface area is 231 Å². The van der Waals surface area contributed by atoms with Crippen LogP contribution in [0.4, 0.5) is 18.9 Å². The highest BCUT2D eigenvalue weighted by atomic mass is 19.4. The predicted octanol–water partition coefficient (Wildman–Crippen LogP) is 4.29. The Morgan fingerprint density at radius 3 is 2.54 bits per heavy atom. The van der Waals surface area contributed by atoms with E-state index in [4.69, 9.17) is 4.74 Å². The number of alkyl halides is 3. The molecule has 41 heavy (non-hydrogen) atoms. The van der Waals surface area contributed by atoms with E-state index in [0.717, 1.165) is 23.6 Å². The molecule has 210 valence electrons. The number of hydrogen-bond acceptors (Lipinski definition) is 7.